The lowest BCUT2D eigenvalue weighted by atomic mass is 10.2. The highest BCUT2D eigenvalue weighted by Crippen LogP contribution is 2.13. The van der Waals surface area contributed by atoms with Crippen molar-refractivity contribution in [3.8, 4) is 0 Å². The van der Waals surface area contributed by atoms with Gasteiger partial charge >= 0.3 is 12.2 Å². The predicted molar refractivity (Wildman–Crippen MR) is 116 cm³/mol. The van der Waals surface area contributed by atoms with Gasteiger partial charge in [0.15, 0.2) is 0 Å². The SMILES string of the molecule is CC(C)(C)OC(=O)NCC[C@H](CNC(=O)OC(C)(C)C)OCc1ccc(Br)cc1. The van der Waals surface area contributed by atoms with Crippen LogP contribution in [0.2, 0.25) is 0 Å². The Kier molecular flexibility index (Phi) is 9.92. The van der Waals surface area contributed by atoms with Crippen molar-refractivity contribution in [2.75, 3.05) is 13.1 Å². The second-order valence-corrected chi connectivity index (χ2v) is 9.58. The van der Waals surface area contributed by atoms with Crippen molar-refractivity contribution in [3.63, 3.8) is 0 Å². The maximum absolute atomic E-state index is 11.9. The summed E-state index contributed by atoms with van der Waals surface area (Å²) in [5.41, 5.74) is -0.119. The monoisotopic (exact) mass is 472 g/mol. The smallest absolute Gasteiger partial charge is 0.407 e. The van der Waals surface area contributed by atoms with Crippen LogP contribution in [-0.4, -0.2) is 42.6 Å². The molecule has 1 atom stereocenters. The van der Waals surface area contributed by atoms with Crippen molar-refractivity contribution < 1.29 is 23.8 Å². The van der Waals surface area contributed by atoms with Crippen molar-refractivity contribution in [1.29, 1.82) is 0 Å². The van der Waals surface area contributed by atoms with Crippen molar-refractivity contribution in [2.45, 2.75) is 71.9 Å². The Morgan fingerprint density at radius 1 is 0.931 bits per heavy atom. The zero-order chi connectivity index (χ0) is 22.1. The molecule has 1 aromatic rings. The molecule has 0 radical (unpaired) electrons. The Morgan fingerprint density at radius 2 is 1.45 bits per heavy atom. The second kappa shape index (κ2) is 11.4. The number of carbonyl (C=O) groups excluding carboxylic acids is 2. The summed E-state index contributed by atoms with van der Waals surface area (Å²) in [6.45, 7) is 11.8. The van der Waals surface area contributed by atoms with Crippen molar-refractivity contribution in [3.05, 3.63) is 34.3 Å². The third-order valence-corrected chi connectivity index (χ3v) is 3.94. The number of alkyl carbamates (subject to hydrolysis) is 2. The highest BCUT2D eigenvalue weighted by molar-refractivity contribution is 9.10. The molecule has 0 unspecified atom stereocenters. The molecule has 2 N–H and O–H groups in total. The van der Waals surface area contributed by atoms with E-state index < -0.39 is 23.4 Å². The summed E-state index contributed by atoms with van der Waals surface area (Å²) in [5.74, 6) is 0. The topological polar surface area (TPSA) is 85.9 Å². The van der Waals surface area contributed by atoms with E-state index in [4.69, 9.17) is 14.2 Å². The molecule has 8 heteroatoms. The first-order chi connectivity index (χ1) is 13.3. The highest BCUT2D eigenvalue weighted by Gasteiger charge is 2.19. The molecule has 0 aliphatic heterocycles. The lowest BCUT2D eigenvalue weighted by molar-refractivity contribution is 0.0228. The maximum atomic E-state index is 11.9. The minimum Gasteiger partial charge on any atom is -0.444 e. The predicted octanol–water partition coefficient (Wildman–Crippen LogP) is 4.77. The summed E-state index contributed by atoms with van der Waals surface area (Å²) < 4.78 is 17.4. The molecule has 0 saturated heterocycles. The van der Waals surface area contributed by atoms with Crippen LogP contribution in [0.1, 0.15) is 53.5 Å². The van der Waals surface area contributed by atoms with Gasteiger partial charge in [0.2, 0.25) is 0 Å². The van der Waals surface area contributed by atoms with Gasteiger partial charge in [-0.05, 0) is 65.7 Å². The Morgan fingerprint density at radius 3 is 1.97 bits per heavy atom. The number of ether oxygens (including phenoxy) is 3. The minimum absolute atomic E-state index is 0.265. The first kappa shape index (κ1) is 25.2. The second-order valence-electron chi connectivity index (χ2n) is 8.66. The zero-order valence-corrected chi connectivity index (χ0v) is 19.7. The van der Waals surface area contributed by atoms with E-state index >= 15 is 0 Å². The molecule has 0 aromatic heterocycles. The molecule has 0 aliphatic rings. The molecule has 0 fully saturated rings. The standard InChI is InChI=1S/C21H33BrN2O5/c1-20(2,3)28-18(25)23-12-11-17(13-24-19(26)29-21(4,5)6)27-14-15-7-9-16(22)10-8-15/h7-10,17H,11-14H2,1-6H3,(H,23,25)(H,24,26)/t17-/m1/s1. The number of rotatable bonds is 8. The summed E-state index contributed by atoms with van der Waals surface area (Å²) >= 11 is 3.40. The van der Waals surface area contributed by atoms with Gasteiger partial charge < -0.3 is 24.8 Å². The fraction of sp³-hybridized carbons (Fsp3) is 0.619. The molecule has 1 rings (SSSR count). The average Bonchev–Trinajstić information content (AvgIpc) is 2.55. The van der Waals surface area contributed by atoms with E-state index in [0.29, 0.717) is 19.6 Å². The van der Waals surface area contributed by atoms with E-state index in [9.17, 15) is 9.59 Å². The summed E-state index contributed by atoms with van der Waals surface area (Å²) in [7, 11) is 0. The van der Waals surface area contributed by atoms with Gasteiger partial charge in [0.25, 0.3) is 0 Å². The van der Waals surface area contributed by atoms with Crippen LogP contribution in [0.4, 0.5) is 9.59 Å². The summed E-state index contributed by atoms with van der Waals surface area (Å²) in [6.07, 6.45) is -0.786. The highest BCUT2D eigenvalue weighted by atomic mass is 79.9. The van der Waals surface area contributed by atoms with Crippen molar-refractivity contribution >= 4 is 28.1 Å². The normalized spacial score (nSPS) is 12.8. The molecule has 0 saturated carbocycles. The van der Waals surface area contributed by atoms with Gasteiger partial charge in [-0.15, -0.1) is 0 Å². The number of amides is 2. The number of carbonyl (C=O) groups is 2. The van der Waals surface area contributed by atoms with Crippen LogP contribution in [0.5, 0.6) is 0 Å². The minimum atomic E-state index is -0.573. The zero-order valence-electron chi connectivity index (χ0n) is 18.1. The molecule has 29 heavy (non-hydrogen) atoms. The quantitative estimate of drug-likeness (QED) is 0.568. The van der Waals surface area contributed by atoms with Gasteiger partial charge in [-0.25, -0.2) is 9.59 Å². The molecule has 0 heterocycles. The van der Waals surface area contributed by atoms with E-state index in [2.05, 4.69) is 26.6 Å². The van der Waals surface area contributed by atoms with Gasteiger partial charge in [-0.3, -0.25) is 0 Å². The van der Waals surface area contributed by atoms with Crippen molar-refractivity contribution in [1.82, 2.24) is 10.6 Å². The van der Waals surface area contributed by atoms with Crippen LogP contribution in [0.25, 0.3) is 0 Å². The summed E-state index contributed by atoms with van der Waals surface area (Å²) in [5, 5.41) is 5.43. The van der Waals surface area contributed by atoms with Crippen LogP contribution in [0.15, 0.2) is 28.7 Å². The summed E-state index contributed by atoms with van der Waals surface area (Å²) in [4.78, 5) is 23.7. The average molecular weight is 473 g/mol. The third kappa shape index (κ3) is 13.1. The Hall–Kier alpha value is -1.80. The van der Waals surface area contributed by atoms with Crippen LogP contribution in [0, 0.1) is 0 Å². The summed E-state index contributed by atoms with van der Waals surface area (Å²) in [6, 6.07) is 7.80. The van der Waals surface area contributed by atoms with Crippen molar-refractivity contribution in [2.24, 2.45) is 0 Å². The lowest BCUT2D eigenvalue weighted by Gasteiger charge is -2.23. The molecule has 0 spiro atoms. The first-order valence-electron chi connectivity index (χ1n) is 9.64. The van der Waals surface area contributed by atoms with Gasteiger partial charge in [-0.1, -0.05) is 28.1 Å². The maximum Gasteiger partial charge on any atom is 0.407 e. The molecule has 1 aromatic carbocycles. The number of halogens is 1. The van der Waals surface area contributed by atoms with Crippen LogP contribution in [0.3, 0.4) is 0 Å². The molecule has 7 nitrogen and oxygen atoms in total. The number of hydrogen-bond donors (Lipinski definition) is 2. The van der Waals surface area contributed by atoms with Gasteiger partial charge in [0.1, 0.15) is 11.2 Å². The molecule has 0 bridgehead atoms. The van der Waals surface area contributed by atoms with Crippen LogP contribution >= 0.6 is 15.9 Å². The molecular weight excluding hydrogens is 440 g/mol. The lowest BCUT2D eigenvalue weighted by Crippen LogP contribution is -2.39. The van der Waals surface area contributed by atoms with Gasteiger partial charge in [0, 0.05) is 17.6 Å². The van der Waals surface area contributed by atoms with E-state index in [1.807, 2.05) is 45.0 Å². The van der Waals surface area contributed by atoms with E-state index in [-0.39, 0.29) is 12.6 Å². The Bertz CT molecular complexity index is 651. The van der Waals surface area contributed by atoms with Gasteiger partial charge in [-0.2, -0.15) is 0 Å². The van der Waals surface area contributed by atoms with Crippen LogP contribution in [-0.2, 0) is 20.8 Å². The van der Waals surface area contributed by atoms with E-state index in [0.717, 1.165) is 10.0 Å². The molecular formula is C21H33BrN2O5. The fourth-order valence-electron chi connectivity index (χ4n) is 2.20. The van der Waals surface area contributed by atoms with Crippen LogP contribution < -0.4 is 10.6 Å². The largest absolute Gasteiger partial charge is 0.444 e. The number of hydrogen-bond acceptors (Lipinski definition) is 5. The molecule has 0 aliphatic carbocycles. The van der Waals surface area contributed by atoms with E-state index in [1.165, 1.54) is 0 Å². The van der Waals surface area contributed by atoms with E-state index in [1.54, 1.807) is 20.8 Å². The molecule has 2 amide bonds. The van der Waals surface area contributed by atoms with Gasteiger partial charge in [0.05, 0.1) is 12.7 Å². The fourth-order valence-corrected chi connectivity index (χ4v) is 2.46. The first-order valence-corrected chi connectivity index (χ1v) is 10.4. The molecule has 164 valence electrons. The Labute approximate surface area is 182 Å². The number of benzene rings is 1. The number of nitrogens with one attached hydrogen (secondary N) is 2. The third-order valence-electron chi connectivity index (χ3n) is 3.41. The Balaban J connectivity index is 2.56.